The molecule has 0 aliphatic rings. The van der Waals surface area contributed by atoms with Gasteiger partial charge in [0.15, 0.2) is 23.1 Å². The normalized spacial score (nSPS) is 11.7. The van der Waals surface area contributed by atoms with Crippen LogP contribution in [0, 0.1) is 25.5 Å². The van der Waals surface area contributed by atoms with Crippen LogP contribution in [-0.4, -0.2) is 10.2 Å². The Morgan fingerprint density at radius 3 is 1.43 bits per heavy atom. The number of rotatable bonds is 2. The Bertz CT molecular complexity index is 647. The second-order valence-electron chi connectivity index (χ2n) is 5.81. The average molecular weight is 292 g/mol. The number of aryl methyl sites for hydroxylation is 2. The van der Waals surface area contributed by atoms with E-state index in [1.54, 1.807) is 52.0 Å². The summed E-state index contributed by atoms with van der Waals surface area (Å²) in [5.74, 6) is -2.35. The topological polar surface area (TPSA) is 40.5 Å². The van der Waals surface area contributed by atoms with Crippen LogP contribution in [0.2, 0.25) is 0 Å². The Labute approximate surface area is 122 Å². The molecule has 0 aromatic heterocycles. The number of benzene rings is 2. The molecule has 4 heteroatoms. The molecule has 0 aliphatic carbocycles. The first-order valence-corrected chi connectivity index (χ1v) is 6.65. The molecule has 2 aromatic rings. The highest BCUT2D eigenvalue weighted by Crippen LogP contribution is 2.43. The van der Waals surface area contributed by atoms with Crippen molar-refractivity contribution in [3.05, 3.63) is 58.2 Å². The minimum Gasteiger partial charge on any atom is -0.505 e. The number of phenols is 2. The molecule has 21 heavy (non-hydrogen) atoms. The van der Waals surface area contributed by atoms with Gasteiger partial charge in [0.2, 0.25) is 0 Å². The van der Waals surface area contributed by atoms with Crippen molar-refractivity contribution in [1.29, 1.82) is 0 Å². The van der Waals surface area contributed by atoms with Crippen LogP contribution in [0.25, 0.3) is 0 Å². The highest BCUT2D eigenvalue weighted by atomic mass is 19.1. The molecule has 0 atom stereocenters. The largest absolute Gasteiger partial charge is 0.505 e. The Morgan fingerprint density at radius 2 is 1.10 bits per heavy atom. The molecule has 0 aliphatic heterocycles. The molecule has 112 valence electrons. The van der Waals surface area contributed by atoms with E-state index < -0.39 is 28.5 Å². The third-order valence-corrected chi connectivity index (χ3v) is 3.97. The monoisotopic (exact) mass is 292 g/mol. The zero-order valence-electron chi connectivity index (χ0n) is 12.5. The van der Waals surface area contributed by atoms with E-state index in [1.165, 1.54) is 0 Å². The summed E-state index contributed by atoms with van der Waals surface area (Å²) < 4.78 is 27.8. The number of hydrogen-bond donors (Lipinski definition) is 2. The lowest BCUT2D eigenvalue weighted by Crippen LogP contribution is -2.20. The molecule has 0 bridgehead atoms. The van der Waals surface area contributed by atoms with Gasteiger partial charge < -0.3 is 10.2 Å². The second kappa shape index (κ2) is 5.02. The second-order valence-corrected chi connectivity index (χ2v) is 5.81. The lowest BCUT2D eigenvalue weighted by Gasteiger charge is -2.28. The van der Waals surface area contributed by atoms with Crippen molar-refractivity contribution in [2.75, 3.05) is 0 Å². The van der Waals surface area contributed by atoms with Crippen molar-refractivity contribution < 1.29 is 19.0 Å². The maximum atomic E-state index is 13.9. The van der Waals surface area contributed by atoms with Crippen molar-refractivity contribution in [2.45, 2.75) is 33.1 Å². The molecule has 0 saturated heterocycles. The van der Waals surface area contributed by atoms with Gasteiger partial charge in [-0.05, 0) is 25.0 Å². The lowest BCUT2D eigenvalue weighted by molar-refractivity contribution is 0.396. The summed E-state index contributed by atoms with van der Waals surface area (Å²) in [6.07, 6.45) is 0. The summed E-state index contributed by atoms with van der Waals surface area (Å²) in [5, 5.41) is 20.1. The van der Waals surface area contributed by atoms with E-state index in [-0.39, 0.29) is 0 Å². The Balaban J connectivity index is 2.68. The molecule has 0 amide bonds. The third-order valence-electron chi connectivity index (χ3n) is 3.97. The maximum Gasteiger partial charge on any atom is 0.168 e. The number of hydrogen-bond acceptors (Lipinski definition) is 2. The predicted molar refractivity (Wildman–Crippen MR) is 77.7 cm³/mol. The minimum atomic E-state index is -0.947. The quantitative estimate of drug-likeness (QED) is 0.865. The first-order valence-electron chi connectivity index (χ1n) is 6.65. The van der Waals surface area contributed by atoms with Gasteiger partial charge in [0.1, 0.15) is 0 Å². The van der Waals surface area contributed by atoms with Crippen LogP contribution in [0.5, 0.6) is 11.5 Å². The van der Waals surface area contributed by atoms with Gasteiger partial charge in [-0.2, -0.15) is 0 Å². The van der Waals surface area contributed by atoms with Crippen molar-refractivity contribution in [3.63, 3.8) is 0 Å². The van der Waals surface area contributed by atoms with Gasteiger partial charge in [-0.25, -0.2) is 8.78 Å². The molecule has 2 aromatic carbocycles. The lowest BCUT2D eigenvalue weighted by atomic mass is 9.76. The van der Waals surface area contributed by atoms with Gasteiger partial charge in [0.25, 0.3) is 0 Å². The highest BCUT2D eigenvalue weighted by Gasteiger charge is 2.31. The van der Waals surface area contributed by atoms with E-state index in [2.05, 4.69) is 0 Å². The van der Waals surface area contributed by atoms with Crippen LogP contribution < -0.4 is 0 Å². The molecule has 0 unspecified atom stereocenters. The number of phenolic OH excluding ortho intramolecular Hbond substituents is 2. The summed E-state index contributed by atoms with van der Waals surface area (Å²) in [6, 6.07) is 6.28. The minimum absolute atomic E-state index is 0.296. The van der Waals surface area contributed by atoms with Gasteiger partial charge in [-0.1, -0.05) is 38.1 Å². The van der Waals surface area contributed by atoms with E-state index in [0.717, 1.165) is 0 Å². The first kappa shape index (κ1) is 15.3. The SMILES string of the molecule is Cc1ccc(C(C)(C)c2ccc(C)c(F)c2O)c(O)c1F. The van der Waals surface area contributed by atoms with Crippen LogP contribution in [-0.2, 0) is 5.41 Å². The fourth-order valence-electron chi connectivity index (χ4n) is 2.48. The molecule has 2 nitrogen and oxygen atoms in total. The van der Waals surface area contributed by atoms with Crippen molar-refractivity contribution in [1.82, 2.24) is 0 Å². The molecule has 0 radical (unpaired) electrons. The van der Waals surface area contributed by atoms with E-state index in [9.17, 15) is 19.0 Å². The van der Waals surface area contributed by atoms with E-state index >= 15 is 0 Å². The van der Waals surface area contributed by atoms with Crippen LogP contribution >= 0.6 is 0 Å². The Morgan fingerprint density at radius 1 is 0.762 bits per heavy atom. The van der Waals surface area contributed by atoms with Gasteiger partial charge in [-0.3, -0.25) is 0 Å². The Hall–Kier alpha value is -2.10. The molecule has 2 rings (SSSR count). The van der Waals surface area contributed by atoms with E-state index in [4.69, 9.17) is 0 Å². The van der Waals surface area contributed by atoms with Crippen molar-refractivity contribution >= 4 is 0 Å². The fraction of sp³-hybridized carbons (Fsp3) is 0.294. The van der Waals surface area contributed by atoms with Gasteiger partial charge in [0, 0.05) is 16.5 Å². The molecular weight excluding hydrogens is 274 g/mol. The average Bonchev–Trinajstić information content (AvgIpc) is 2.41. The number of halogens is 2. The summed E-state index contributed by atoms with van der Waals surface area (Å²) in [5.41, 5.74) is 0.295. The molecule has 0 fully saturated rings. The summed E-state index contributed by atoms with van der Waals surface area (Å²) in [6.45, 7) is 6.49. The fourth-order valence-corrected chi connectivity index (χ4v) is 2.48. The van der Waals surface area contributed by atoms with Crippen molar-refractivity contribution in [2.24, 2.45) is 0 Å². The summed E-state index contributed by atoms with van der Waals surface area (Å²) in [4.78, 5) is 0. The van der Waals surface area contributed by atoms with Gasteiger partial charge in [0.05, 0.1) is 0 Å². The van der Waals surface area contributed by atoms with Crippen molar-refractivity contribution in [3.8, 4) is 11.5 Å². The smallest absolute Gasteiger partial charge is 0.168 e. The van der Waals surface area contributed by atoms with Crippen LogP contribution in [0.3, 0.4) is 0 Å². The molecule has 0 heterocycles. The summed E-state index contributed by atoms with van der Waals surface area (Å²) in [7, 11) is 0. The zero-order chi connectivity index (χ0) is 15.9. The summed E-state index contributed by atoms with van der Waals surface area (Å²) >= 11 is 0. The predicted octanol–water partition coefficient (Wildman–Crippen LogP) is 4.32. The third kappa shape index (κ3) is 2.35. The van der Waals surface area contributed by atoms with Gasteiger partial charge >= 0.3 is 0 Å². The van der Waals surface area contributed by atoms with E-state index in [1.807, 2.05) is 0 Å². The Kier molecular flexibility index (Phi) is 3.66. The van der Waals surface area contributed by atoms with Gasteiger partial charge in [-0.15, -0.1) is 0 Å². The van der Waals surface area contributed by atoms with Crippen LogP contribution in [0.4, 0.5) is 8.78 Å². The molecule has 0 saturated carbocycles. The zero-order valence-corrected chi connectivity index (χ0v) is 12.5. The first-order chi connectivity index (χ1) is 9.67. The molecular formula is C17H18F2O2. The van der Waals surface area contributed by atoms with Crippen LogP contribution in [0.1, 0.15) is 36.1 Å². The van der Waals surface area contributed by atoms with Crippen LogP contribution in [0.15, 0.2) is 24.3 Å². The highest BCUT2D eigenvalue weighted by molar-refractivity contribution is 5.52. The molecule has 0 spiro atoms. The van der Waals surface area contributed by atoms with E-state index in [0.29, 0.717) is 22.3 Å². The standard InChI is InChI=1S/C17H18F2O2/c1-9-5-7-11(15(20)13(9)18)17(3,4)12-8-6-10(2)14(19)16(12)21/h5-8,20-21H,1-4H3. The maximum absolute atomic E-state index is 13.9. The molecule has 2 N–H and O–H groups in total. The number of aromatic hydroxyl groups is 2.